The third-order valence-electron chi connectivity index (χ3n) is 10.6. The summed E-state index contributed by atoms with van der Waals surface area (Å²) in [6.45, 7) is 3.51. The van der Waals surface area contributed by atoms with E-state index in [-0.39, 0.29) is 12.5 Å². The molecule has 61 heavy (non-hydrogen) atoms. The van der Waals surface area contributed by atoms with Crippen LogP contribution in [0.5, 0.6) is 0 Å². The van der Waals surface area contributed by atoms with Crippen molar-refractivity contribution in [3.8, 4) is 0 Å². The molecule has 7 unspecified atom stereocenters. The lowest BCUT2D eigenvalue weighted by Crippen LogP contribution is -2.60. The summed E-state index contributed by atoms with van der Waals surface area (Å²) >= 11 is 0. The number of ether oxygens (including phenoxy) is 2. The number of hydrogen-bond donors (Lipinski definition) is 6. The van der Waals surface area contributed by atoms with E-state index < -0.39 is 49.5 Å². The molecule has 0 aromatic carbocycles. The molecule has 0 aromatic rings. The molecule has 0 bridgehead atoms. The van der Waals surface area contributed by atoms with Gasteiger partial charge in [0.05, 0.1) is 25.4 Å². The lowest BCUT2D eigenvalue weighted by Gasteiger charge is -2.40. The highest BCUT2D eigenvalue weighted by Gasteiger charge is 2.44. The minimum Gasteiger partial charge on any atom is -0.394 e. The molecule has 6 N–H and O–H groups in total. The van der Waals surface area contributed by atoms with Crippen LogP contribution in [0.1, 0.15) is 168 Å². The van der Waals surface area contributed by atoms with Crippen LogP contribution in [-0.2, 0) is 14.3 Å². The molecule has 7 atom stereocenters. The molecule has 0 radical (unpaired) electrons. The molecule has 0 aliphatic carbocycles. The minimum atomic E-state index is -1.57. The number of amides is 1. The molecule has 1 aliphatic rings. The smallest absolute Gasteiger partial charge is 0.220 e. The monoisotopic (exact) mass is 854 g/mol. The summed E-state index contributed by atoms with van der Waals surface area (Å²) in [6.07, 6.45) is 52.1. The molecular weight excluding hydrogens is 767 g/mol. The van der Waals surface area contributed by atoms with E-state index in [0.29, 0.717) is 6.42 Å². The van der Waals surface area contributed by atoms with Gasteiger partial charge < -0.3 is 40.3 Å². The Morgan fingerprint density at radius 3 is 1.56 bits per heavy atom. The van der Waals surface area contributed by atoms with Gasteiger partial charge in [0, 0.05) is 6.42 Å². The van der Waals surface area contributed by atoms with E-state index in [1.54, 1.807) is 6.08 Å². The lowest BCUT2D eigenvalue weighted by molar-refractivity contribution is -0.302. The zero-order valence-corrected chi connectivity index (χ0v) is 38.1. The summed E-state index contributed by atoms with van der Waals surface area (Å²) in [5.41, 5.74) is 0. The molecular formula is C52H87NO8. The maximum Gasteiger partial charge on any atom is 0.220 e. The Balaban J connectivity index is 2.14. The molecule has 9 nitrogen and oxygen atoms in total. The van der Waals surface area contributed by atoms with Gasteiger partial charge in [-0.3, -0.25) is 4.79 Å². The van der Waals surface area contributed by atoms with Crippen LogP contribution in [0.4, 0.5) is 0 Å². The van der Waals surface area contributed by atoms with Gasteiger partial charge >= 0.3 is 0 Å². The quantitative estimate of drug-likeness (QED) is 0.0266. The number of carbonyl (C=O) groups is 1. The van der Waals surface area contributed by atoms with E-state index in [9.17, 15) is 30.3 Å². The summed E-state index contributed by atoms with van der Waals surface area (Å²) in [4.78, 5) is 12.9. The average Bonchev–Trinajstić information content (AvgIpc) is 3.26. The van der Waals surface area contributed by atoms with Gasteiger partial charge in [-0.25, -0.2) is 0 Å². The number of aliphatic hydroxyl groups excluding tert-OH is 5. The molecule has 348 valence electrons. The largest absolute Gasteiger partial charge is 0.394 e. The Hall–Kier alpha value is -2.89. The van der Waals surface area contributed by atoms with Crippen LogP contribution in [0.3, 0.4) is 0 Å². The zero-order chi connectivity index (χ0) is 44.4. The van der Waals surface area contributed by atoms with Crippen molar-refractivity contribution in [2.45, 2.75) is 211 Å². The summed E-state index contributed by atoms with van der Waals surface area (Å²) in [7, 11) is 0. The van der Waals surface area contributed by atoms with Crippen molar-refractivity contribution < 1.29 is 39.8 Å². The van der Waals surface area contributed by atoms with Crippen molar-refractivity contribution >= 4 is 5.91 Å². The Kier molecular flexibility index (Phi) is 37.9. The Bertz CT molecular complexity index is 1270. The van der Waals surface area contributed by atoms with Crippen molar-refractivity contribution in [1.82, 2.24) is 5.32 Å². The number of nitrogens with one attached hydrogen (secondary N) is 1. The number of rotatable bonds is 38. The normalized spacial score (nSPS) is 21.3. The molecule has 1 rings (SSSR count). The summed E-state index contributed by atoms with van der Waals surface area (Å²) in [5.74, 6) is -0.199. The van der Waals surface area contributed by atoms with Crippen LogP contribution in [0.25, 0.3) is 0 Å². The third kappa shape index (κ3) is 31.6. The molecule has 1 aliphatic heterocycles. The molecule has 0 spiro atoms. The Morgan fingerprint density at radius 2 is 1.03 bits per heavy atom. The first-order valence-corrected chi connectivity index (χ1v) is 24.0. The fraction of sp³-hybridized carbons (Fsp3) is 0.673. The topological polar surface area (TPSA) is 149 Å². The predicted molar refractivity (Wildman–Crippen MR) is 253 cm³/mol. The highest BCUT2D eigenvalue weighted by molar-refractivity contribution is 5.76. The fourth-order valence-electron chi connectivity index (χ4n) is 6.83. The minimum absolute atomic E-state index is 0.199. The highest BCUT2D eigenvalue weighted by Crippen LogP contribution is 2.22. The van der Waals surface area contributed by atoms with Crippen molar-refractivity contribution in [3.63, 3.8) is 0 Å². The number of allylic oxidation sites excluding steroid dienone is 15. The Morgan fingerprint density at radius 1 is 0.574 bits per heavy atom. The second-order valence-corrected chi connectivity index (χ2v) is 16.2. The van der Waals surface area contributed by atoms with Crippen molar-refractivity contribution in [3.05, 3.63) is 97.2 Å². The number of aliphatic hydroxyl groups is 5. The summed E-state index contributed by atoms with van der Waals surface area (Å²) in [6, 6.07) is -0.825. The molecule has 1 saturated heterocycles. The zero-order valence-electron chi connectivity index (χ0n) is 38.1. The van der Waals surface area contributed by atoms with E-state index in [0.717, 1.165) is 83.5 Å². The van der Waals surface area contributed by atoms with Crippen molar-refractivity contribution in [1.29, 1.82) is 0 Å². The van der Waals surface area contributed by atoms with Gasteiger partial charge in [-0.15, -0.1) is 0 Å². The lowest BCUT2D eigenvalue weighted by atomic mass is 9.99. The van der Waals surface area contributed by atoms with Gasteiger partial charge in [-0.05, 0) is 77.0 Å². The van der Waals surface area contributed by atoms with Crippen molar-refractivity contribution in [2.75, 3.05) is 13.2 Å². The average molecular weight is 854 g/mol. The maximum absolute atomic E-state index is 12.9. The first-order valence-electron chi connectivity index (χ1n) is 24.0. The fourth-order valence-corrected chi connectivity index (χ4v) is 6.83. The number of carbonyl (C=O) groups excluding carboxylic acids is 1. The van der Waals surface area contributed by atoms with Gasteiger partial charge in [0.15, 0.2) is 6.29 Å². The number of hydrogen-bond acceptors (Lipinski definition) is 8. The van der Waals surface area contributed by atoms with E-state index in [1.807, 2.05) is 6.08 Å². The van der Waals surface area contributed by atoms with Gasteiger partial charge in [-0.2, -0.15) is 0 Å². The van der Waals surface area contributed by atoms with Crippen molar-refractivity contribution in [2.24, 2.45) is 0 Å². The maximum atomic E-state index is 12.9. The molecule has 0 saturated carbocycles. The van der Waals surface area contributed by atoms with Gasteiger partial charge in [0.1, 0.15) is 24.4 Å². The van der Waals surface area contributed by atoms with Crippen LogP contribution in [0, 0.1) is 0 Å². The van der Waals surface area contributed by atoms with E-state index in [4.69, 9.17) is 9.47 Å². The summed E-state index contributed by atoms with van der Waals surface area (Å²) < 4.78 is 11.1. The highest BCUT2D eigenvalue weighted by atomic mass is 16.7. The summed E-state index contributed by atoms with van der Waals surface area (Å²) in [5, 5.41) is 53.9. The van der Waals surface area contributed by atoms with Gasteiger partial charge in [0.2, 0.25) is 5.91 Å². The van der Waals surface area contributed by atoms with Gasteiger partial charge in [-0.1, -0.05) is 182 Å². The molecule has 9 heteroatoms. The van der Waals surface area contributed by atoms with Gasteiger partial charge in [0.25, 0.3) is 0 Å². The Labute approximate surface area is 371 Å². The van der Waals surface area contributed by atoms with E-state index in [2.05, 4.69) is 104 Å². The van der Waals surface area contributed by atoms with Crippen LogP contribution < -0.4 is 5.32 Å². The van der Waals surface area contributed by atoms with Crippen LogP contribution in [-0.4, -0.2) is 87.5 Å². The molecule has 0 aromatic heterocycles. The van der Waals surface area contributed by atoms with Crippen LogP contribution in [0.15, 0.2) is 97.2 Å². The second kappa shape index (κ2) is 41.1. The molecule has 1 fully saturated rings. The molecule has 1 amide bonds. The second-order valence-electron chi connectivity index (χ2n) is 16.2. The standard InChI is InChI=1S/C52H87NO8/c1-3-5-7-9-11-12-13-14-15-16-17-18-19-20-21-22-23-24-25-26-27-28-29-30-31-32-33-34-36-38-40-42-48(56)53-45(46(55)41-39-37-35-10-8-6-4-2)44-60-52-51(59)50(58)49(57)47(43-54)61-52/h5,7-8,10-12,14-15,17-18,20-21,23-24,39,41,45-47,49-52,54-55,57-59H,3-4,6,9,13,16,19,22,25-38,40,42-44H2,1-2H3,(H,53,56)/b7-5-,10-8+,12-11-,15-14-,18-17-,21-20-,24-23-,41-39+. The SMILES string of the molecule is CC/C=C\C/C=C\C/C=C\C/C=C\C/C=C\C/C=C\CCCCCCCCCCCCCCC(=O)NC(COC1OC(CO)C(O)C(O)C1O)C(O)/C=C/CC/C=C/CCC. The van der Waals surface area contributed by atoms with Crippen LogP contribution >= 0.6 is 0 Å². The predicted octanol–water partition coefficient (Wildman–Crippen LogP) is 10.5. The van der Waals surface area contributed by atoms with Crippen LogP contribution in [0.2, 0.25) is 0 Å². The van der Waals surface area contributed by atoms with E-state index >= 15 is 0 Å². The molecule has 1 heterocycles. The first kappa shape index (κ1) is 56.1. The first-order chi connectivity index (χ1) is 29.8. The third-order valence-corrected chi connectivity index (χ3v) is 10.6. The van der Waals surface area contributed by atoms with E-state index in [1.165, 1.54) is 64.2 Å². The number of unbranched alkanes of at least 4 members (excludes halogenated alkanes) is 14.